The minimum Gasteiger partial charge on any atom is -0.496 e. The third-order valence-electron chi connectivity index (χ3n) is 4.98. The Bertz CT molecular complexity index is 929. The predicted octanol–water partition coefficient (Wildman–Crippen LogP) is 1.52. The number of primary amides is 2. The number of methoxy groups -OCH3 is 1. The number of ether oxygens (including phenoxy) is 1. The first-order valence-corrected chi connectivity index (χ1v) is 9.29. The summed E-state index contributed by atoms with van der Waals surface area (Å²) in [7, 11) is 5.38. The molecule has 1 aliphatic rings. The van der Waals surface area contributed by atoms with Crippen LogP contribution in [0.2, 0.25) is 0 Å². The fourth-order valence-electron chi connectivity index (χ4n) is 3.47. The topological polar surface area (TPSA) is 111 Å². The second-order valence-electron chi connectivity index (χ2n) is 7.14. The number of hydrogen-bond acceptors (Lipinski definition) is 6. The molecule has 1 saturated heterocycles. The average molecular weight is 398 g/mol. The summed E-state index contributed by atoms with van der Waals surface area (Å²) in [6, 6.07) is 10.7. The molecule has 1 aliphatic heterocycles. The normalized spacial score (nSPS) is 16.6. The van der Waals surface area contributed by atoms with Gasteiger partial charge in [-0.05, 0) is 30.2 Å². The Morgan fingerprint density at radius 1 is 1.24 bits per heavy atom. The van der Waals surface area contributed by atoms with Crippen LogP contribution >= 0.6 is 0 Å². The van der Waals surface area contributed by atoms with Gasteiger partial charge >= 0.3 is 0 Å². The second kappa shape index (κ2) is 8.50. The second-order valence-corrected chi connectivity index (χ2v) is 7.14. The van der Waals surface area contributed by atoms with Gasteiger partial charge in [-0.2, -0.15) is 5.06 Å². The lowest BCUT2D eigenvalue weighted by molar-refractivity contribution is -0.154. The van der Waals surface area contributed by atoms with E-state index in [4.69, 9.17) is 21.0 Å². The average Bonchev–Trinajstić information content (AvgIpc) is 3.15. The van der Waals surface area contributed by atoms with Gasteiger partial charge in [0, 0.05) is 36.5 Å². The van der Waals surface area contributed by atoms with E-state index in [1.807, 2.05) is 43.3 Å². The lowest BCUT2D eigenvalue weighted by Crippen LogP contribution is -2.39. The molecule has 1 fully saturated rings. The van der Waals surface area contributed by atoms with Crippen molar-refractivity contribution in [2.24, 2.45) is 11.5 Å². The Balaban J connectivity index is 2.04. The first-order valence-electron chi connectivity index (χ1n) is 9.29. The van der Waals surface area contributed by atoms with Crippen LogP contribution in [0.5, 0.6) is 5.75 Å². The molecule has 0 spiro atoms. The van der Waals surface area contributed by atoms with Gasteiger partial charge in [0.05, 0.1) is 20.3 Å². The van der Waals surface area contributed by atoms with E-state index < -0.39 is 17.9 Å². The van der Waals surface area contributed by atoms with Crippen molar-refractivity contribution >= 4 is 17.5 Å². The molecular weight excluding hydrogens is 372 g/mol. The fraction of sp³-hybridized carbons (Fsp3) is 0.333. The zero-order valence-electron chi connectivity index (χ0n) is 16.8. The van der Waals surface area contributed by atoms with Crippen LogP contribution in [0, 0.1) is 0 Å². The molecule has 29 heavy (non-hydrogen) atoms. The van der Waals surface area contributed by atoms with E-state index in [2.05, 4.69) is 0 Å². The first-order chi connectivity index (χ1) is 13.8. The van der Waals surface area contributed by atoms with Crippen molar-refractivity contribution < 1.29 is 19.2 Å². The van der Waals surface area contributed by atoms with Crippen LogP contribution in [0.15, 0.2) is 36.4 Å². The van der Waals surface area contributed by atoms with Gasteiger partial charge in [0.25, 0.3) is 0 Å². The molecule has 2 amide bonds. The van der Waals surface area contributed by atoms with E-state index in [0.717, 1.165) is 22.4 Å². The van der Waals surface area contributed by atoms with Crippen LogP contribution in [-0.4, -0.2) is 50.7 Å². The molecule has 0 aliphatic carbocycles. The molecule has 1 atom stereocenters. The van der Waals surface area contributed by atoms with E-state index in [1.54, 1.807) is 24.3 Å². The minimum atomic E-state index is -0.500. The van der Waals surface area contributed by atoms with E-state index in [0.29, 0.717) is 30.9 Å². The van der Waals surface area contributed by atoms with Crippen molar-refractivity contribution in [3.05, 3.63) is 47.5 Å². The number of benzene rings is 2. The SMILES string of the molecule is COc1c(CN2OCCC2C(N)=O)cccc1-c1cc(C(N)=O)cc(N(C)C)c1. The largest absolute Gasteiger partial charge is 0.496 e. The van der Waals surface area contributed by atoms with Crippen LogP contribution in [-0.2, 0) is 16.2 Å². The molecule has 2 aromatic rings. The molecule has 1 unspecified atom stereocenters. The summed E-state index contributed by atoms with van der Waals surface area (Å²) < 4.78 is 5.71. The van der Waals surface area contributed by atoms with Gasteiger partial charge < -0.3 is 21.1 Å². The molecule has 2 aromatic carbocycles. The number of carbonyl (C=O) groups excluding carboxylic acids is 2. The van der Waals surface area contributed by atoms with Gasteiger partial charge in [0.15, 0.2) is 0 Å². The zero-order chi connectivity index (χ0) is 21.1. The summed E-state index contributed by atoms with van der Waals surface area (Å²) in [5, 5.41) is 1.59. The highest BCUT2D eigenvalue weighted by atomic mass is 16.7. The smallest absolute Gasteiger partial charge is 0.248 e. The molecular formula is C21H26N4O4. The molecule has 154 valence electrons. The highest BCUT2D eigenvalue weighted by molar-refractivity contribution is 5.96. The van der Waals surface area contributed by atoms with Crippen molar-refractivity contribution in [3.8, 4) is 16.9 Å². The van der Waals surface area contributed by atoms with Crippen LogP contribution in [0.3, 0.4) is 0 Å². The molecule has 0 saturated carbocycles. The number of hydroxylamine groups is 2. The predicted molar refractivity (Wildman–Crippen MR) is 110 cm³/mol. The standard InChI is InChI=1S/C21H26N4O4/c1-24(2)16-10-14(9-15(11-16)20(22)26)17-6-4-5-13(19(17)28-3)12-25-18(21(23)27)7-8-29-25/h4-6,9-11,18H,7-8,12H2,1-3H3,(H2,22,26)(H2,23,27). The Kier molecular flexibility index (Phi) is 6.05. The highest BCUT2D eigenvalue weighted by Crippen LogP contribution is 2.36. The monoisotopic (exact) mass is 398 g/mol. The maximum Gasteiger partial charge on any atom is 0.248 e. The number of carbonyl (C=O) groups is 2. The minimum absolute atomic E-state index is 0.348. The van der Waals surface area contributed by atoms with Crippen LogP contribution in [0.25, 0.3) is 11.1 Å². The van der Waals surface area contributed by atoms with Crippen molar-refractivity contribution in [1.82, 2.24) is 5.06 Å². The molecule has 8 heteroatoms. The summed E-state index contributed by atoms with van der Waals surface area (Å²) in [5.41, 5.74) is 14.7. The van der Waals surface area contributed by atoms with E-state index in [1.165, 1.54) is 0 Å². The molecule has 1 heterocycles. The Hall–Kier alpha value is -3.10. The van der Waals surface area contributed by atoms with E-state index >= 15 is 0 Å². The van der Waals surface area contributed by atoms with Crippen molar-refractivity contribution in [3.63, 3.8) is 0 Å². The summed E-state index contributed by atoms with van der Waals surface area (Å²) in [6.07, 6.45) is 0.560. The van der Waals surface area contributed by atoms with Crippen molar-refractivity contribution in [1.29, 1.82) is 0 Å². The molecule has 0 aromatic heterocycles. The summed E-state index contributed by atoms with van der Waals surface area (Å²) >= 11 is 0. The van der Waals surface area contributed by atoms with Crippen molar-refractivity contribution in [2.75, 3.05) is 32.7 Å². The first kappa shape index (κ1) is 20.6. The Morgan fingerprint density at radius 2 is 2.00 bits per heavy atom. The number of rotatable bonds is 7. The van der Waals surface area contributed by atoms with Crippen molar-refractivity contribution in [2.45, 2.75) is 19.0 Å². The lowest BCUT2D eigenvalue weighted by atomic mass is 9.98. The lowest BCUT2D eigenvalue weighted by Gasteiger charge is -2.22. The quantitative estimate of drug-likeness (QED) is 0.731. The zero-order valence-corrected chi connectivity index (χ0v) is 16.8. The molecule has 3 rings (SSSR count). The maximum atomic E-state index is 11.8. The van der Waals surface area contributed by atoms with Crippen LogP contribution in [0.4, 0.5) is 5.69 Å². The molecule has 8 nitrogen and oxygen atoms in total. The molecule has 0 radical (unpaired) electrons. The Labute approximate surface area is 169 Å². The number of hydrogen-bond donors (Lipinski definition) is 2. The van der Waals surface area contributed by atoms with Gasteiger partial charge in [-0.25, -0.2) is 0 Å². The van der Waals surface area contributed by atoms with Gasteiger partial charge in [0.2, 0.25) is 11.8 Å². The van der Waals surface area contributed by atoms with Crippen LogP contribution in [0.1, 0.15) is 22.3 Å². The summed E-state index contributed by atoms with van der Waals surface area (Å²) in [6.45, 7) is 0.795. The third-order valence-corrected chi connectivity index (χ3v) is 4.98. The molecule has 4 N–H and O–H groups in total. The number of para-hydroxylation sites is 1. The number of nitrogens with two attached hydrogens (primary N) is 2. The molecule has 0 bridgehead atoms. The van der Waals surface area contributed by atoms with Gasteiger partial charge in [0.1, 0.15) is 11.8 Å². The van der Waals surface area contributed by atoms with E-state index in [-0.39, 0.29) is 0 Å². The number of anilines is 1. The summed E-state index contributed by atoms with van der Waals surface area (Å²) in [4.78, 5) is 31.0. The maximum absolute atomic E-state index is 11.8. The number of amides is 2. The van der Waals surface area contributed by atoms with Gasteiger partial charge in [-0.15, -0.1) is 0 Å². The number of nitrogens with zero attached hydrogens (tertiary/aromatic N) is 2. The Morgan fingerprint density at radius 3 is 2.62 bits per heavy atom. The van der Waals surface area contributed by atoms with Gasteiger partial charge in [-0.1, -0.05) is 18.2 Å². The summed E-state index contributed by atoms with van der Waals surface area (Å²) in [5.74, 6) is -0.278. The van der Waals surface area contributed by atoms with Crippen LogP contribution < -0.4 is 21.1 Å². The van der Waals surface area contributed by atoms with Gasteiger partial charge in [-0.3, -0.25) is 14.4 Å². The fourth-order valence-corrected chi connectivity index (χ4v) is 3.47. The van der Waals surface area contributed by atoms with E-state index in [9.17, 15) is 9.59 Å². The third kappa shape index (κ3) is 4.33. The highest BCUT2D eigenvalue weighted by Gasteiger charge is 2.31.